The molecule has 5 nitrogen and oxygen atoms in total. The third kappa shape index (κ3) is 4.23. The summed E-state index contributed by atoms with van der Waals surface area (Å²) in [6.45, 7) is 4.73. The van der Waals surface area contributed by atoms with Crippen molar-refractivity contribution < 1.29 is 14.6 Å². The van der Waals surface area contributed by atoms with Crippen molar-refractivity contribution in [2.24, 2.45) is 5.41 Å². The number of piperidine rings is 1. The van der Waals surface area contributed by atoms with Crippen molar-refractivity contribution in [3.8, 4) is 0 Å². The average Bonchev–Trinajstić information content (AvgIpc) is 2.39. The Kier molecular flexibility index (Phi) is 6.60. The maximum absolute atomic E-state index is 12.2. The smallest absolute Gasteiger partial charge is 0.226 e. The Morgan fingerprint density at radius 3 is 2.72 bits per heavy atom. The van der Waals surface area contributed by atoms with Gasteiger partial charge in [0, 0.05) is 13.7 Å². The van der Waals surface area contributed by atoms with Crippen molar-refractivity contribution >= 4 is 5.91 Å². The highest BCUT2D eigenvalue weighted by Gasteiger charge is 2.37. The van der Waals surface area contributed by atoms with Crippen LogP contribution in [0.25, 0.3) is 0 Å². The lowest BCUT2D eigenvalue weighted by molar-refractivity contribution is -0.133. The molecule has 18 heavy (non-hydrogen) atoms. The predicted octanol–water partition coefficient (Wildman–Crippen LogP) is 0.280. The molecule has 0 bridgehead atoms. The van der Waals surface area contributed by atoms with E-state index in [9.17, 15) is 9.90 Å². The van der Waals surface area contributed by atoms with E-state index in [-0.39, 0.29) is 11.3 Å². The molecular formula is C13H26N2O3. The molecule has 3 N–H and O–H groups in total. The van der Waals surface area contributed by atoms with Crippen LogP contribution in [0.2, 0.25) is 0 Å². The van der Waals surface area contributed by atoms with Crippen LogP contribution in [0.5, 0.6) is 0 Å². The van der Waals surface area contributed by atoms with E-state index in [1.54, 1.807) is 7.11 Å². The number of nitrogens with one attached hydrogen (secondary N) is 2. The summed E-state index contributed by atoms with van der Waals surface area (Å²) in [7, 11) is 1.56. The highest BCUT2D eigenvalue weighted by atomic mass is 16.5. The first-order chi connectivity index (χ1) is 8.64. The Labute approximate surface area is 109 Å². The van der Waals surface area contributed by atoms with Crippen molar-refractivity contribution in [1.29, 1.82) is 0 Å². The highest BCUT2D eigenvalue weighted by Crippen LogP contribution is 2.32. The van der Waals surface area contributed by atoms with Gasteiger partial charge in [0.05, 0.1) is 18.1 Å². The fraction of sp³-hybridized carbons (Fsp3) is 0.923. The summed E-state index contributed by atoms with van der Waals surface area (Å²) in [4.78, 5) is 12.2. The van der Waals surface area contributed by atoms with Crippen molar-refractivity contribution in [2.75, 3.05) is 33.4 Å². The van der Waals surface area contributed by atoms with Crippen LogP contribution in [0.3, 0.4) is 0 Å². The van der Waals surface area contributed by atoms with E-state index in [1.165, 1.54) is 0 Å². The molecule has 1 rings (SSSR count). The molecular weight excluding hydrogens is 232 g/mol. The Balaban J connectivity index is 2.34. The van der Waals surface area contributed by atoms with Gasteiger partial charge < -0.3 is 20.5 Å². The summed E-state index contributed by atoms with van der Waals surface area (Å²) in [5, 5.41) is 15.7. The minimum Gasteiger partial charge on any atom is -0.391 e. The van der Waals surface area contributed by atoms with Crippen molar-refractivity contribution in [3.05, 3.63) is 0 Å². The zero-order valence-electron chi connectivity index (χ0n) is 11.5. The maximum atomic E-state index is 12.2. The fourth-order valence-corrected chi connectivity index (χ4v) is 2.46. The molecule has 1 saturated heterocycles. The second kappa shape index (κ2) is 7.71. The van der Waals surface area contributed by atoms with E-state index < -0.39 is 6.10 Å². The Morgan fingerprint density at radius 2 is 2.17 bits per heavy atom. The minimum absolute atomic E-state index is 0.135. The number of carbonyl (C=O) groups is 1. The normalized spacial score (nSPS) is 20.4. The summed E-state index contributed by atoms with van der Waals surface area (Å²) in [6.07, 6.45) is 2.71. The molecule has 0 radical (unpaired) electrons. The molecule has 1 fully saturated rings. The summed E-state index contributed by atoms with van der Waals surface area (Å²) in [5.41, 5.74) is -0.211. The summed E-state index contributed by atoms with van der Waals surface area (Å²) >= 11 is 0. The quantitative estimate of drug-likeness (QED) is 0.613. The predicted molar refractivity (Wildman–Crippen MR) is 70.3 cm³/mol. The number of ether oxygens (including phenoxy) is 1. The van der Waals surface area contributed by atoms with Crippen LogP contribution in [0.15, 0.2) is 0 Å². The zero-order valence-corrected chi connectivity index (χ0v) is 11.5. The summed E-state index contributed by atoms with van der Waals surface area (Å²) in [6, 6.07) is 0. The molecule has 1 aliphatic rings. The molecule has 1 unspecified atom stereocenters. The number of aliphatic hydroxyl groups excluding tert-OH is 1. The van der Waals surface area contributed by atoms with E-state index in [4.69, 9.17) is 4.74 Å². The number of rotatable bonds is 7. The standard InChI is InChI=1S/C13H26N2O3/c1-3-13(5-8-14-9-6-13)12(17)15-7-4-11(16)10-18-2/h11,14,16H,3-10H2,1-2H3,(H,15,17). The van der Waals surface area contributed by atoms with Gasteiger partial charge in [-0.15, -0.1) is 0 Å². The van der Waals surface area contributed by atoms with Gasteiger partial charge in [-0.3, -0.25) is 4.79 Å². The molecule has 0 aromatic carbocycles. The molecule has 0 aliphatic carbocycles. The molecule has 1 atom stereocenters. The van der Waals surface area contributed by atoms with Crippen molar-refractivity contribution in [2.45, 2.75) is 38.7 Å². The van der Waals surface area contributed by atoms with Gasteiger partial charge in [-0.1, -0.05) is 6.92 Å². The van der Waals surface area contributed by atoms with Crippen LogP contribution in [0.1, 0.15) is 32.6 Å². The molecule has 0 aromatic heterocycles. The SMILES string of the molecule is CCC1(C(=O)NCCC(O)COC)CCNCC1. The van der Waals surface area contributed by atoms with Gasteiger partial charge in [-0.05, 0) is 38.8 Å². The molecule has 1 aliphatic heterocycles. The Bertz CT molecular complexity index is 253. The van der Waals surface area contributed by atoms with Gasteiger partial charge in [-0.2, -0.15) is 0 Å². The lowest BCUT2D eigenvalue weighted by atomic mass is 9.76. The van der Waals surface area contributed by atoms with Gasteiger partial charge in [-0.25, -0.2) is 0 Å². The maximum Gasteiger partial charge on any atom is 0.226 e. The van der Waals surface area contributed by atoms with Crippen molar-refractivity contribution in [3.63, 3.8) is 0 Å². The van der Waals surface area contributed by atoms with Gasteiger partial charge in [0.1, 0.15) is 0 Å². The van der Waals surface area contributed by atoms with Gasteiger partial charge in [0.25, 0.3) is 0 Å². The first kappa shape index (κ1) is 15.4. The Hall–Kier alpha value is -0.650. The summed E-state index contributed by atoms with van der Waals surface area (Å²) in [5.74, 6) is 0.135. The second-order valence-electron chi connectivity index (χ2n) is 5.04. The lowest BCUT2D eigenvalue weighted by Crippen LogP contribution is -2.47. The van der Waals surface area contributed by atoms with Gasteiger partial charge in [0.15, 0.2) is 0 Å². The molecule has 0 spiro atoms. The number of methoxy groups -OCH3 is 1. The molecule has 0 aromatic rings. The van der Waals surface area contributed by atoms with E-state index >= 15 is 0 Å². The molecule has 1 amide bonds. The highest BCUT2D eigenvalue weighted by molar-refractivity contribution is 5.82. The monoisotopic (exact) mass is 258 g/mol. The average molecular weight is 258 g/mol. The van der Waals surface area contributed by atoms with E-state index in [0.717, 1.165) is 32.4 Å². The van der Waals surface area contributed by atoms with Gasteiger partial charge in [0.2, 0.25) is 5.91 Å². The van der Waals surface area contributed by atoms with Crippen LogP contribution in [-0.2, 0) is 9.53 Å². The topological polar surface area (TPSA) is 70.6 Å². The number of hydrogen-bond acceptors (Lipinski definition) is 4. The fourth-order valence-electron chi connectivity index (χ4n) is 2.46. The number of carbonyl (C=O) groups excluding carboxylic acids is 1. The minimum atomic E-state index is -0.499. The van der Waals surface area contributed by atoms with E-state index in [1.807, 2.05) is 0 Å². The third-order valence-electron chi connectivity index (χ3n) is 3.84. The van der Waals surface area contributed by atoms with Gasteiger partial charge >= 0.3 is 0 Å². The van der Waals surface area contributed by atoms with E-state index in [2.05, 4.69) is 17.6 Å². The van der Waals surface area contributed by atoms with Crippen LogP contribution < -0.4 is 10.6 Å². The number of hydrogen-bond donors (Lipinski definition) is 3. The molecule has 5 heteroatoms. The van der Waals surface area contributed by atoms with Crippen LogP contribution >= 0.6 is 0 Å². The Morgan fingerprint density at radius 1 is 1.50 bits per heavy atom. The van der Waals surface area contributed by atoms with Crippen LogP contribution in [0, 0.1) is 5.41 Å². The van der Waals surface area contributed by atoms with Crippen LogP contribution in [-0.4, -0.2) is 50.5 Å². The molecule has 1 heterocycles. The van der Waals surface area contributed by atoms with Crippen LogP contribution in [0.4, 0.5) is 0 Å². The lowest BCUT2D eigenvalue weighted by Gasteiger charge is -2.35. The molecule has 0 saturated carbocycles. The number of amides is 1. The first-order valence-corrected chi connectivity index (χ1v) is 6.80. The van der Waals surface area contributed by atoms with Crippen molar-refractivity contribution in [1.82, 2.24) is 10.6 Å². The largest absolute Gasteiger partial charge is 0.391 e. The second-order valence-corrected chi connectivity index (χ2v) is 5.04. The van der Waals surface area contributed by atoms with E-state index in [0.29, 0.717) is 19.6 Å². The number of aliphatic hydroxyl groups is 1. The third-order valence-corrected chi connectivity index (χ3v) is 3.84. The first-order valence-electron chi connectivity index (χ1n) is 6.80. The summed E-state index contributed by atoms with van der Waals surface area (Å²) < 4.78 is 4.85. The molecule has 106 valence electrons. The zero-order chi connectivity index (χ0) is 13.4.